The third-order valence-corrected chi connectivity index (χ3v) is 3.71. The molecule has 7 nitrogen and oxygen atoms in total. The molecule has 2 aromatic rings. The summed E-state index contributed by atoms with van der Waals surface area (Å²) < 4.78 is 5.21. The number of rotatable bonds is 4. The van der Waals surface area contributed by atoms with Gasteiger partial charge in [0.25, 0.3) is 5.91 Å². The Labute approximate surface area is 132 Å². The van der Waals surface area contributed by atoms with Gasteiger partial charge >= 0.3 is 0 Å². The fourth-order valence-corrected chi connectivity index (χ4v) is 2.56. The van der Waals surface area contributed by atoms with Gasteiger partial charge < -0.3 is 9.42 Å². The minimum Gasteiger partial charge on any atom is -0.355 e. The molecule has 23 heavy (non-hydrogen) atoms. The van der Waals surface area contributed by atoms with Gasteiger partial charge in [-0.1, -0.05) is 35.5 Å². The zero-order valence-electron chi connectivity index (χ0n) is 12.5. The fourth-order valence-electron chi connectivity index (χ4n) is 2.56. The Bertz CT molecular complexity index is 754. The molecule has 1 saturated heterocycles. The first-order valence-corrected chi connectivity index (χ1v) is 7.27. The van der Waals surface area contributed by atoms with Crippen molar-refractivity contribution in [2.75, 3.05) is 6.54 Å². The summed E-state index contributed by atoms with van der Waals surface area (Å²) in [6.07, 6.45) is -0.0260. The monoisotopic (exact) mass is 313 g/mol. The minimum absolute atomic E-state index is 0.0260. The highest BCUT2D eigenvalue weighted by Gasteiger charge is 2.38. The molecule has 0 bridgehead atoms. The van der Waals surface area contributed by atoms with Crippen LogP contribution in [-0.4, -0.2) is 40.4 Å². The van der Waals surface area contributed by atoms with Crippen LogP contribution in [-0.2, 0) is 9.59 Å². The second kappa shape index (κ2) is 6.04. The molecule has 1 aliphatic rings. The standard InChI is InChI=1S/C16H15N3O4/c1-2-19(12-9-14(20)17-15(12)21)16(22)11-8-13(23-18-11)10-6-4-3-5-7-10/h3-8,12H,2,9H2,1H3,(H,17,20,21)/t12-/m0/s1. The number of imide groups is 1. The molecule has 1 atom stereocenters. The molecule has 3 amide bonds. The van der Waals surface area contributed by atoms with Crippen molar-refractivity contribution in [2.45, 2.75) is 19.4 Å². The molecule has 0 unspecified atom stereocenters. The number of aromatic nitrogens is 1. The van der Waals surface area contributed by atoms with Gasteiger partial charge in [-0.05, 0) is 6.92 Å². The summed E-state index contributed by atoms with van der Waals surface area (Å²) in [5, 5.41) is 6.00. The van der Waals surface area contributed by atoms with Gasteiger partial charge in [0.2, 0.25) is 11.8 Å². The number of carbonyl (C=O) groups excluding carboxylic acids is 3. The van der Waals surface area contributed by atoms with Crippen LogP contribution in [0.15, 0.2) is 40.9 Å². The van der Waals surface area contributed by atoms with Crippen molar-refractivity contribution < 1.29 is 18.9 Å². The molecule has 0 aliphatic carbocycles. The summed E-state index contributed by atoms with van der Waals surface area (Å²) in [6.45, 7) is 2.03. The van der Waals surface area contributed by atoms with E-state index in [1.165, 1.54) is 11.0 Å². The van der Waals surface area contributed by atoms with Gasteiger partial charge in [-0.15, -0.1) is 0 Å². The van der Waals surface area contributed by atoms with Crippen LogP contribution in [0.4, 0.5) is 0 Å². The molecular weight excluding hydrogens is 298 g/mol. The Balaban J connectivity index is 1.83. The maximum Gasteiger partial charge on any atom is 0.276 e. The van der Waals surface area contributed by atoms with E-state index in [4.69, 9.17) is 4.52 Å². The number of carbonyl (C=O) groups is 3. The maximum atomic E-state index is 12.6. The molecule has 1 aromatic carbocycles. The normalized spacial score (nSPS) is 17.2. The first-order chi connectivity index (χ1) is 11.1. The Morgan fingerprint density at radius 1 is 1.35 bits per heavy atom. The lowest BCUT2D eigenvalue weighted by Crippen LogP contribution is -2.44. The Hall–Kier alpha value is -2.96. The van der Waals surface area contributed by atoms with Crippen molar-refractivity contribution in [3.05, 3.63) is 42.1 Å². The fraction of sp³-hybridized carbons (Fsp3) is 0.250. The van der Waals surface area contributed by atoms with Crippen LogP contribution in [0.1, 0.15) is 23.8 Å². The third-order valence-electron chi connectivity index (χ3n) is 3.71. The molecule has 0 radical (unpaired) electrons. The molecule has 1 aromatic heterocycles. The van der Waals surface area contributed by atoms with Crippen molar-refractivity contribution in [1.82, 2.24) is 15.4 Å². The van der Waals surface area contributed by atoms with E-state index >= 15 is 0 Å². The lowest BCUT2D eigenvalue weighted by atomic mass is 10.1. The Kier molecular flexibility index (Phi) is 3.92. The topological polar surface area (TPSA) is 92.5 Å². The predicted octanol–water partition coefficient (Wildman–Crippen LogP) is 1.22. The minimum atomic E-state index is -0.795. The molecule has 0 saturated carbocycles. The second-order valence-electron chi connectivity index (χ2n) is 5.17. The Morgan fingerprint density at radius 3 is 2.70 bits per heavy atom. The molecule has 1 fully saturated rings. The molecule has 118 valence electrons. The molecule has 2 heterocycles. The number of benzene rings is 1. The predicted molar refractivity (Wildman–Crippen MR) is 80.2 cm³/mol. The summed E-state index contributed by atoms with van der Waals surface area (Å²) in [6, 6.07) is 10.0. The quantitative estimate of drug-likeness (QED) is 0.857. The lowest BCUT2D eigenvalue weighted by molar-refractivity contribution is -0.126. The van der Waals surface area contributed by atoms with E-state index in [0.717, 1.165) is 5.56 Å². The number of hydrogen-bond acceptors (Lipinski definition) is 5. The molecule has 1 N–H and O–H groups in total. The first-order valence-electron chi connectivity index (χ1n) is 7.27. The maximum absolute atomic E-state index is 12.6. The van der Waals surface area contributed by atoms with Gasteiger partial charge in [0.15, 0.2) is 11.5 Å². The number of nitrogens with one attached hydrogen (secondary N) is 1. The SMILES string of the molecule is CCN(C(=O)c1cc(-c2ccccc2)on1)[C@H]1CC(=O)NC1=O. The van der Waals surface area contributed by atoms with Gasteiger partial charge in [-0.2, -0.15) is 0 Å². The van der Waals surface area contributed by atoms with Crippen LogP contribution < -0.4 is 5.32 Å². The summed E-state index contributed by atoms with van der Waals surface area (Å²) in [7, 11) is 0. The highest BCUT2D eigenvalue weighted by molar-refractivity contribution is 6.08. The van der Waals surface area contributed by atoms with Crippen molar-refractivity contribution in [3.63, 3.8) is 0 Å². The molecule has 3 rings (SSSR count). The number of nitrogens with zero attached hydrogens (tertiary/aromatic N) is 2. The van der Waals surface area contributed by atoms with Crippen molar-refractivity contribution in [1.29, 1.82) is 0 Å². The zero-order chi connectivity index (χ0) is 16.4. The summed E-state index contributed by atoms with van der Waals surface area (Å²) in [5.74, 6) is -0.807. The van der Waals surface area contributed by atoms with Crippen LogP contribution in [0.25, 0.3) is 11.3 Å². The third kappa shape index (κ3) is 2.85. The van der Waals surface area contributed by atoms with Crippen LogP contribution in [0.5, 0.6) is 0 Å². The number of likely N-dealkylation sites (N-methyl/N-ethyl adjacent to an activating group) is 1. The molecular formula is C16H15N3O4. The molecule has 7 heteroatoms. The van der Waals surface area contributed by atoms with E-state index in [1.807, 2.05) is 30.3 Å². The highest BCUT2D eigenvalue weighted by atomic mass is 16.5. The molecule has 0 spiro atoms. The summed E-state index contributed by atoms with van der Waals surface area (Å²) in [4.78, 5) is 37.0. The zero-order valence-corrected chi connectivity index (χ0v) is 12.5. The van der Waals surface area contributed by atoms with E-state index in [-0.39, 0.29) is 24.6 Å². The molecule has 1 aliphatic heterocycles. The average molecular weight is 313 g/mol. The van der Waals surface area contributed by atoms with Gasteiger partial charge in [-0.25, -0.2) is 0 Å². The van der Waals surface area contributed by atoms with Crippen LogP contribution in [0, 0.1) is 0 Å². The smallest absolute Gasteiger partial charge is 0.276 e. The van der Waals surface area contributed by atoms with E-state index < -0.39 is 17.9 Å². The lowest BCUT2D eigenvalue weighted by Gasteiger charge is -2.23. The van der Waals surface area contributed by atoms with E-state index in [0.29, 0.717) is 5.76 Å². The van der Waals surface area contributed by atoms with Crippen molar-refractivity contribution in [2.24, 2.45) is 0 Å². The second-order valence-corrected chi connectivity index (χ2v) is 5.17. The van der Waals surface area contributed by atoms with E-state index in [9.17, 15) is 14.4 Å². The highest BCUT2D eigenvalue weighted by Crippen LogP contribution is 2.21. The van der Waals surface area contributed by atoms with E-state index in [1.54, 1.807) is 6.92 Å². The van der Waals surface area contributed by atoms with Crippen molar-refractivity contribution >= 4 is 17.7 Å². The van der Waals surface area contributed by atoms with Crippen LogP contribution in [0.3, 0.4) is 0 Å². The number of hydrogen-bond donors (Lipinski definition) is 1. The number of amides is 3. The first kappa shape index (κ1) is 15.0. The summed E-state index contributed by atoms with van der Waals surface area (Å²) >= 11 is 0. The largest absolute Gasteiger partial charge is 0.355 e. The van der Waals surface area contributed by atoms with Crippen molar-refractivity contribution in [3.8, 4) is 11.3 Å². The van der Waals surface area contributed by atoms with E-state index in [2.05, 4.69) is 10.5 Å². The van der Waals surface area contributed by atoms with Crippen LogP contribution >= 0.6 is 0 Å². The summed E-state index contributed by atoms with van der Waals surface area (Å²) in [5.41, 5.74) is 0.911. The van der Waals surface area contributed by atoms with Gasteiger partial charge in [0.1, 0.15) is 6.04 Å². The van der Waals surface area contributed by atoms with Crippen LogP contribution in [0.2, 0.25) is 0 Å². The average Bonchev–Trinajstić information content (AvgIpc) is 3.16. The van der Waals surface area contributed by atoms with Gasteiger partial charge in [-0.3, -0.25) is 19.7 Å². The Morgan fingerprint density at radius 2 is 2.09 bits per heavy atom. The van der Waals surface area contributed by atoms with Gasteiger partial charge in [0.05, 0.1) is 6.42 Å². The van der Waals surface area contributed by atoms with Gasteiger partial charge in [0, 0.05) is 18.2 Å².